The van der Waals surface area contributed by atoms with Crippen LogP contribution in [-0.4, -0.2) is 69.5 Å². The molecule has 8 heteroatoms. The van der Waals surface area contributed by atoms with Gasteiger partial charge >= 0.3 is 37.8 Å². The summed E-state index contributed by atoms with van der Waals surface area (Å²) >= 11 is 0. The van der Waals surface area contributed by atoms with E-state index in [0.29, 0.717) is 0 Å². The van der Waals surface area contributed by atoms with Crippen LogP contribution in [0.3, 0.4) is 0 Å². The van der Waals surface area contributed by atoms with Gasteiger partial charge in [-0.15, -0.1) is 0 Å². The zero-order valence-electron chi connectivity index (χ0n) is 5.15. The Morgan fingerprint density at radius 3 is 2.27 bits per heavy atom. The molecule has 0 aromatic heterocycles. The summed E-state index contributed by atoms with van der Waals surface area (Å²) in [5.74, 6) is 0. The second-order valence-electron chi connectivity index (χ2n) is 1.41. The Labute approximate surface area is 86.7 Å². The van der Waals surface area contributed by atoms with Gasteiger partial charge in [-0.1, -0.05) is 0 Å². The fraction of sp³-hybridized carbons (Fsp3) is 1.00. The summed E-state index contributed by atoms with van der Waals surface area (Å²) in [7, 11) is -2.96. The summed E-state index contributed by atoms with van der Waals surface area (Å²) in [5.41, 5.74) is 0. The van der Waals surface area contributed by atoms with Gasteiger partial charge < -0.3 is 25.1 Å². The monoisotopic (exact) mass is 198 g/mol. The minimum absolute atomic E-state index is 0. The van der Waals surface area contributed by atoms with Gasteiger partial charge in [-0.2, -0.15) is 0 Å². The number of aliphatic hydroxyl groups excluding tert-OH is 2. The Balaban J connectivity index is -0.000000320. The van der Waals surface area contributed by atoms with E-state index in [1.807, 2.05) is 0 Å². The number of aliphatic hydroxyl groups is 2. The molecule has 11 heavy (non-hydrogen) atoms. The number of rotatable bonds is 4. The molecule has 2 atom stereocenters. The van der Waals surface area contributed by atoms with Crippen LogP contribution in [0.1, 0.15) is 0 Å². The van der Waals surface area contributed by atoms with E-state index in [0.717, 1.165) is 0 Å². The summed E-state index contributed by atoms with van der Waals surface area (Å²) in [6, 6.07) is 0. The van der Waals surface area contributed by atoms with Crippen molar-refractivity contribution in [2.75, 3.05) is 13.2 Å². The zero-order valence-corrected chi connectivity index (χ0v) is 6.15. The normalized spacial score (nSPS) is 14.1. The van der Waals surface area contributed by atoms with Crippen LogP contribution in [0.15, 0.2) is 0 Å². The standard InChI is InChI=1S/C3H9O5P.Na.H2O.H/c4-1-3(5)2-8-9(6)7;;;/h3-5,9H,1-2H2,(H,6,7);;1H2;. The van der Waals surface area contributed by atoms with Crippen molar-refractivity contribution >= 4 is 37.8 Å². The molecule has 6 nitrogen and oxygen atoms in total. The number of hydrogen-bond donors (Lipinski definition) is 3. The molecule has 0 aromatic carbocycles. The quantitative estimate of drug-likeness (QED) is 0.334. The maximum atomic E-state index is 9.79. The average molecular weight is 198 g/mol. The van der Waals surface area contributed by atoms with Crippen molar-refractivity contribution in [1.82, 2.24) is 0 Å². The molecular weight excluding hydrogens is 186 g/mol. The Morgan fingerprint density at radius 2 is 2.00 bits per heavy atom. The Morgan fingerprint density at radius 1 is 1.55 bits per heavy atom. The molecule has 66 valence electrons. The fourth-order valence-corrected chi connectivity index (χ4v) is 0.555. The molecule has 0 spiro atoms. The third-order valence-corrected chi connectivity index (χ3v) is 1.02. The first kappa shape index (κ1) is 17.9. The van der Waals surface area contributed by atoms with Crippen molar-refractivity contribution in [3.63, 3.8) is 0 Å². The van der Waals surface area contributed by atoms with Gasteiger partial charge in [0.25, 0.3) is 0 Å². The summed E-state index contributed by atoms with van der Waals surface area (Å²) in [5, 5.41) is 16.6. The van der Waals surface area contributed by atoms with E-state index in [2.05, 4.69) is 4.52 Å². The molecule has 0 saturated carbocycles. The molecule has 0 rings (SSSR count). The summed E-state index contributed by atoms with van der Waals surface area (Å²) < 4.78 is 13.9. The maximum absolute atomic E-state index is 9.79. The first-order chi connectivity index (χ1) is 4.16. The van der Waals surface area contributed by atoms with Crippen LogP contribution in [0.4, 0.5) is 0 Å². The van der Waals surface area contributed by atoms with Gasteiger partial charge in [-0.25, -0.2) is 0 Å². The molecule has 0 bridgehead atoms. The Bertz CT molecular complexity index is 99.8. The molecule has 0 aromatic rings. The topological polar surface area (TPSA) is 118 Å². The van der Waals surface area contributed by atoms with E-state index in [1.165, 1.54) is 0 Å². The first-order valence-corrected chi connectivity index (χ1v) is 3.58. The minimum atomic E-state index is -2.96. The van der Waals surface area contributed by atoms with Crippen molar-refractivity contribution in [3.8, 4) is 0 Å². The van der Waals surface area contributed by atoms with Gasteiger partial charge in [0.2, 0.25) is 0 Å². The van der Waals surface area contributed by atoms with Crippen LogP contribution in [-0.2, 0) is 9.09 Å². The van der Waals surface area contributed by atoms with E-state index in [-0.39, 0.29) is 41.6 Å². The molecule has 0 aliphatic carbocycles. The molecule has 5 N–H and O–H groups in total. The summed E-state index contributed by atoms with van der Waals surface area (Å²) in [6.07, 6.45) is -1.06. The van der Waals surface area contributed by atoms with Gasteiger partial charge in [-0.05, 0) is 0 Å². The van der Waals surface area contributed by atoms with E-state index in [4.69, 9.17) is 15.1 Å². The predicted octanol–water partition coefficient (Wildman–Crippen LogP) is -2.73. The van der Waals surface area contributed by atoms with Crippen LogP contribution in [0, 0.1) is 0 Å². The summed E-state index contributed by atoms with van der Waals surface area (Å²) in [4.78, 5) is 8.03. The molecule has 0 aliphatic rings. The molecule has 0 aliphatic heterocycles. The van der Waals surface area contributed by atoms with Crippen molar-refractivity contribution in [1.29, 1.82) is 0 Å². The average Bonchev–Trinajstić information content (AvgIpc) is 1.83. The predicted molar refractivity (Wildman–Crippen MR) is 41.0 cm³/mol. The third-order valence-electron chi connectivity index (χ3n) is 0.610. The van der Waals surface area contributed by atoms with Gasteiger partial charge in [0, 0.05) is 0 Å². The molecule has 0 heterocycles. The van der Waals surface area contributed by atoms with Gasteiger partial charge in [-0.3, -0.25) is 4.57 Å². The second kappa shape index (κ2) is 11.0. The van der Waals surface area contributed by atoms with Crippen molar-refractivity contribution in [2.24, 2.45) is 0 Å². The summed E-state index contributed by atoms with van der Waals surface area (Å²) in [6.45, 7) is -0.764. The van der Waals surface area contributed by atoms with Gasteiger partial charge in [0.15, 0.2) is 0 Å². The van der Waals surface area contributed by atoms with Crippen molar-refractivity contribution in [2.45, 2.75) is 6.10 Å². The van der Waals surface area contributed by atoms with E-state index >= 15 is 0 Å². The van der Waals surface area contributed by atoms with Gasteiger partial charge in [0.1, 0.15) is 6.10 Å². The zero-order chi connectivity index (χ0) is 7.28. The molecule has 0 saturated heterocycles. The Hall–Kier alpha value is 1.03. The van der Waals surface area contributed by atoms with Gasteiger partial charge in [0.05, 0.1) is 13.2 Å². The molecule has 0 amide bonds. The van der Waals surface area contributed by atoms with E-state index in [1.54, 1.807) is 0 Å². The van der Waals surface area contributed by atoms with Crippen molar-refractivity contribution < 1.29 is 29.7 Å². The van der Waals surface area contributed by atoms with Crippen LogP contribution in [0.25, 0.3) is 0 Å². The third kappa shape index (κ3) is 13.9. The van der Waals surface area contributed by atoms with Crippen LogP contribution >= 0.6 is 8.25 Å². The SMILES string of the molecule is O.O=[PH](O)OCC(O)CO.[NaH]. The Kier molecular flexibility index (Phi) is 18.0. The molecule has 0 radical (unpaired) electrons. The number of hydrogen-bond acceptors (Lipinski definition) is 4. The second-order valence-corrected chi connectivity index (χ2v) is 2.23. The molecule has 2 unspecified atom stereocenters. The molecule has 0 fully saturated rings. The first-order valence-electron chi connectivity index (χ1n) is 2.31. The van der Waals surface area contributed by atoms with Crippen LogP contribution < -0.4 is 0 Å². The molecular formula is C3H12NaO6P. The van der Waals surface area contributed by atoms with Crippen molar-refractivity contribution in [3.05, 3.63) is 0 Å². The fourth-order valence-electron chi connectivity index (χ4n) is 0.220. The van der Waals surface area contributed by atoms with E-state index in [9.17, 15) is 4.57 Å². The van der Waals surface area contributed by atoms with E-state index < -0.39 is 21.0 Å². The van der Waals surface area contributed by atoms with Crippen LogP contribution in [0.2, 0.25) is 0 Å². The van der Waals surface area contributed by atoms with Crippen LogP contribution in [0.5, 0.6) is 0 Å².